The second-order valence-corrected chi connectivity index (χ2v) is 6.22. The Kier molecular flexibility index (Phi) is 5.91. The van der Waals surface area contributed by atoms with Gasteiger partial charge in [-0.2, -0.15) is 0 Å². The van der Waals surface area contributed by atoms with Crippen molar-refractivity contribution >= 4 is 41.8 Å². The topological polar surface area (TPSA) is 33.1 Å². The highest BCUT2D eigenvalue weighted by Gasteiger charge is 2.23. The number of hydrogen-bond donors (Lipinski definition) is 1. The first-order valence-electron chi connectivity index (χ1n) is 7.00. The van der Waals surface area contributed by atoms with Gasteiger partial charge in [-0.05, 0) is 32.9 Å². The van der Waals surface area contributed by atoms with Gasteiger partial charge in [-0.1, -0.05) is 12.1 Å². The minimum Gasteiger partial charge on any atom is -0.339 e. The van der Waals surface area contributed by atoms with Crippen LogP contribution < -0.4 is 10.2 Å². The maximum atomic E-state index is 4.75. The van der Waals surface area contributed by atoms with E-state index in [0.29, 0.717) is 0 Å². The maximum absolute atomic E-state index is 4.75. The molecule has 0 radical (unpaired) electrons. The number of nitrogens with one attached hydrogen (secondary N) is 1. The molecule has 0 bridgehead atoms. The standard InChI is InChI=1S/C15H22N4.2ClH/c1-15(2,3)16-8-9-18-10-11-19-13-7-5-4-6-12(13)17-14(18)19;;/h4-7,16H,8-11H2,1-3H3;2*1H. The summed E-state index contributed by atoms with van der Waals surface area (Å²) in [5.74, 6) is 1.12. The molecule has 2 heterocycles. The third kappa shape index (κ3) is 3.82. The molecule has 1 aromatic heterocycles. The summed E-state index contributed by atoms with van der Waals surface area (Å²) in [5, 5.41) is 3.53. The third-order valence-corrected chi connectivity index (χ3v) is 3.55. The first kappa shape index (κ1) is 18.1. The van der Waals surface area contributed by atoms with Gasteiger partial charge in [0.15, 0.2) is 0 Å². The lowest BCUT2D eigenvalue weighted by Crippen LogP contribution is -2.41. The molecule has 0 aliphatic carbocycles. The Morgan fingerprint density at radius 1 is 1.14 bits per heavy atom. The lowest BCUT2D eigenvalue weighted by molar-refractivity contribution is 0.429. The molecular formula is C15H24Cl2N4. The molecule has 21 heavy (non-hydrogen) atoms. The molecule has 0 saturated heterocycles. The van der Waals surface area contributed by atoms with Crippen LogP contribution in [0.25, 0.3) is 11.0 Å². The molecule has 0 fully saturated rings. The van der Waals surface area contributed by atoms with Crippen molar-refractivity contribution in [2.45, 2.75) is 32.9 Å². The van der Waals surface area contributed by atoms with Crippen molar-refractivity contribution in [3.8, 4) is 0 Å². The van der Waals surface area contributed by atoms with E-state index in [1.165, 1.54) is 5.52 Å². The van der Waals surface area contributed by atoms with Crippen molar-refractivity contribution < 1.29 is 0 Å². The van der Waals surface area contributed by atoms with Crippen molar-refractivity contribution in [2.75, 3.05) is 24.5 Å². The van der Waals surface area contributed by atoms with Gasteiger partial charge in [0.1, 0.15) is 0 Å². The molecule has 2 aromatic rings. The van der Waals surface area contributed by atoms with Crippen molar-refractivity contribution in [1.82, 2.24) is 14.9 Å². The SMILES string of the molecule is CC(C)(C)NCCN1CCn2c1nc1ccccc12.Cl.Cl. The molecule has 0 amide bonds. The van der Waals surface area contributed by atoms with Crippen LogP contribution in [0.1, 0.15) is 20.8 Å². The molecule has 1 N–H and O–H groups in total. The number of nitrogens with zero attached hydrogens (tertiary/aromatic N) is 3. The van der Waals surface area contributed by atoms with E-state index in [-0.39, 0.29) is 30.4 Å². The van der Waals surface area contributed by atoms with Crippen LogP contribution in [0.3, 0.4) is 0 Å². The molecule has 118 valence electrons. The first-order valence-corrected chi connectivity index (χ1v) is 7.00. The highest BCUT2D eigenvalue weighted by molar-refractivity contribution is 5.85. The number of fused-ring (bicyclic) bond motifs is 3. The number of anilines is 1. The van der Waals surface area contributed by atoms with Crippen LogP contribution in [-0.2, 0) is 6.54 Å². The Morgan fingerprint density at radius 2 is 1.86 bits per heavy atom. The van der Waals surface area contributed by atoms with Crippen LogP contribution in [0.2, 0.25) is 0 Å². The Morgan fingerprint density at radius 3 is 2.57 bits per heavy atom. The normalized spacial score (nSPS) is 13.8. The third-order valence-electron chi connectivity index (χ3n) is 3.55. The summed E-state index contributed by atoms with van der Waals surface area (Å²) in [6.07, 6.45) is 0. The Bertz CT molecular complexity index is 589. The molecule has 6 heteroatoms. The molecule has 1 aliphatic heterocycles. The predicted octanol–water partition coefficient (Wildman–Crippen LogP) is 3.09. The quantitative estimate of drug-likeness (QED) is 0.938. The monoisotopic (exact) mass is 330 g/mol. The number of hydrogen-bond acceptors (Lipinski definition) is 3. The van der Waals surface area contributed by atoms with Gasteiger partial charge in [-0.25, -0.2) is 4.98 Å². The van der Waals surface area contributed by atoms with E-state index in [9.17, 15) is 0 Å². The number of rotatable bonds is 3. The number of aromatic nitrogens is 2. The van der Waals surface area contributed by atoms with Gasteiger partial charge in [-0.3, -0.25) is 0 Å². The van der Waals surface area contributed by atoms with Crippen LogP contribution >= 0.6 is 24.8 Å². The minimum atomic E-state index is 0. The summed E-state index contributed by atoms with van der Waals surface area (Å²) in [4.78, 5) is 7.12. The summed E-state index contributed by atoms with van der Waals surface area (Å²) in [6.45, 7) is 10.7. The second kappa shape index (κ2) is 6.86. The van der Waals surface area contributed by atoms with Gasteiger partial charge >= 0.3 is 0 Å². The number of imidazole rings is 1. The van der Waals surface area contributed by atoms with E-state index in [0.717, 1.165) is 37.6 Å². The molecule has 0 spiro atoms. The van der Waals surface area contributed by atoms with Gasteiger partial charge in [0, 0.05) is 31.7 Å². The number of benzene rings is 1. The van der Waals surface area contributed by atoms with Gasteiger partial charge in [0.2, 0.25) is 5.95 Å². The molecule has 0 atom stereocenters. The summed E-state index contributed by atoms with van der Waals surface area (Å²) < 4.78 is 2.33. The minimum absolute atomic E-state index is 0. The first-order chi connectivity index (χ1) is 9.04. The Balaban J connectivity index is 0.00000110. The summed E-state index contributed by atoms with van der Waals surface area (Å²) in [5.41, 5.74) is 2.54. The fourth-order valence-electron chi connectivity index (χ4n) is 2.62. The largest absolute Gasteiger partial charge is 0.339 e. The van der Waals surface area contributed by atoms with Gasteiger partial charge in [0.05, 0.1) is 11.0 Å². The van der Waals surface area contributed by atoms with Crippen molar-refractivity contribution in [3.63, 3.8) is 0 Å². The molecule has 1 aromatic carbocycles. The maximum Gasteiger partial charge on any atom is 0.206 e. The summed E-state index contributed by atoms with van der Waals surface area (Å²) in [7, 11) is 0. The molecule has 0 unspecified atom stereocenters. The van der Waals surface area contributed by atoms with E-state index >= 15 is 0 Å². The zero-order valence-electron chi connectivity index (χ0n) is 12.8. The van der Waals surface area contributed by atoms with Crippen LogP contribution in [0, 0.1) is 0 Å². The fraction of sp³-hybridized carbons (Fsp3) is 0.533. The average molecular weight is 331 g/mol. The van der Waals surface area contributed by atoms with E-state index in [1.807, 2.05) is 0 Å². The average Bonchev–Trinajstić information content (AvgIpc) is 2.87. The second-order valence-electron chi connectivity index (χ2n) is 6.22. The van der Waals surface area contributed by atoms with Gasteiger partial charge < -0.3 is 14.8 Å². The van der Waals surface area contributed by atoms with Crippen molar-refractivity contribution in [1.29, 1.82) is 0 Å². The Hall–Kier alpha value is -0.970. The van der Waals surface area contributed by atoms with Crippen LogP contribution in [0.15, 0.2) is 24.3 Å². The fourth-order valence-corrected chi connectivity index (χ4v) is 2.62. The molecule has 0 saturated carbocycles. The van der Waals surface area contributed by atoms with Crippen LogP contribution in [0.5, 0.6) is 0 Å². The number of halogens is 2. The van der Waals surface area contributed by atoms with E-state index < -0.39 is 0 Å². The highest BCUT2D eigenvalue weighted by atomic mass is 35.5. The van der Waals surface area contributed by atoms with Crippen molar-refractivity contribution in [2.24, 2.45) is 0 Å². The zero-order valence-corrected chi connectivity index (χ0v) is 14.4. The van der Waals surface area contributed by atoms with Gasteiger partial charge in [0.25, 0.3) is 0 Å². The summed E-state index contributed by atoms with van der Waals surface area (Å²) in [6, 6.07) is 8.38. The molecular weight excluding hydrogens is 307 g/mol. The number of para-hydroxylation sites is 2. The highest BCUT2D eigenvalue weighted by Crippen LogP contribution is 2.26. The van der Waals surface area contributed by atoms with Crippen LogP contribution in [-0.4, -0.2) is 34.7 Å². The van der Waals surface area contributed by atoms with E-state index in [4.69, 9.17) is 4.98 Å². The smallest absolute Gasteiger partial charge is 0.206 e. The van der Waals surface area contributed by atoms with E-state index in [1.54, 1.807) is 0 Å². The molecule has 3 rings (SSSR count). The lowest BCUT2D eigenvalue weighted by Gasteiger charge is -2.23. The summed E-state index contributed by atoms with van der Waals surface area (Å²) >= 11 is 0. The molecule has 1 aliphatic rings. The van der Waals surface area contributed by atoms with E-state index in [2.05, 4.69) is 59.8 Å². The van der Waals surface area contributed by atoms with Crippen LogP contribution in [0.4, 0.5) is 5.95 Å². The predicted molar refractivity (Wildman–Crippen MR) is 94.2 cm³/mol. The van der Waals surface area contributed by atoms with Gasteiger partial charge in [-0.15, -0.1) is 24.8 Å². The zero-order chi connectivity index (χ0) is 13.5. The Labute approximate surface area is 138 Å². The van der Waals surface area contributed by atoms with Crippen molar-refractivity contribution in [3.05, 3.63) is 24.3 Å². The molecule has 4 nitrogen and oxygen atoms in total. The lowest BCUT2D eigenvalue weighted by atomic mass is 10.1.